The number of halogens is 4. The molecule has 0 aromatic carbocycles. The summed E-state index contributed by atoms with van der Waals surface area (Å²) in [6.07, 6.45) is -5.06. The van der Waals surface area contributed by atoms with Crippen molar-refractivity contribution >= 4 is 16.9 Å². The first-order valence-electron chi connectivity index (χ1n) is 5.11. The zero-order valence-corrected chi connectivity index (χ0v) is 10.1. The van der Waals surface area contributed by atoms with E-state index in [0.29, 0.717) is 13.3 Å². The Labute approximate surface area is 97.0 Å². The Morgan fingerprint density at radius 2 is 1.94 bits per heavy atom. The van der Waals surface area contributed by atoms with Crippen molar-refractivity contribution in [3.05, 3.63) is 0 Å². The van der Waals surface area contributed by atoms with E-state index in [9.17, 15) is 22.4 Å². The van der Waals surface area contributed by atoms with E-state index < -0.39 is 24.7 Å². The van der Waals surface area contributed by atoms with Gasteiger partial charge in [0.1, 0.15) is 6.17 Å². The predicted molar refractivity (Wildman–Crippen MR) is 57.4 cm³/mol. The SMILES string of the molecule is CCC(=O)SCCC(F)CC(F)(F)C(C)F. The molecule has 96 valence electrons. The fourth-order valence-electron chi connectivity index (χ4n) is 0.962. The highest BCUT2D eigenvalue weighted by atomic mass is 32.2. The Bertz CT molecular complexity index is 221. The second kappa shape index (κ2) is 7.14. The average Bonchev–Trinajstić information content (AvgIpc) is 2.16. The van der Waals surface area contributed by atoms with Crippen LogP contribution in [0.25, 0.3) is 0 Å². The molecule has 0 aliphatic rings. The van der Waals surface area contributed by atoms with E-state index in [0.717, 1.165) is 11.8 Å². The van der Waals surface area contributed by atoms with Crippen LogP contribution in [0.5, 0.6) is 0 Å². The van der Waals surface area contributed by atoms with Gasteiger partial charge in [-0.3, -0.25) is 4.79 Å². The van der Waals surface area contributed by atoms with Gasteiger partial charge in [-0.15, -0.1) is 0 Å². The predicted octanol–water partition coefficient (Wildman–Crippen LogP) is 3.77. The van der Waals surface area contributed by atoms with Gasteiger partial charge in [0, 0.05) is 18.6 Å². The number of hydrogen-bond donors (Lipinski definition) is 0. The van der Waals surface area contributed by atoms with Gasteiger partial charge in [-0.25, -0.2) is 17.6 Å². The van der Waals surface area contributed by atoms with Crippen LogP contribution in [0.1, 0.15) is 33.1 Å². The van der Waals surface area contributed by atoms with Crippen LogP contribution in [0.2, 0.25) is 0 Å². The molecule has 0 amide bonds. The minimum atomic E-state index is -3.63. The minimum Gasteiger partial charge on any atom is -0.287 e. The zero-order chi connectivity index (χ0) is 12.8. The molecule has 0 saturated heterocycles. The molecule has 0 rings (SSSR count). The van der Waals surface area contributed by atoms with Gasteiger partial charge in [0.2, 0.25) is 0 Å². The van der Waals surface area contributed by atoms with E-state index in [1.165, 1.54) is 0 Å². The number of carbonyl (C=O) groups is 1. The highest BCUT2D eigenvalue weighted by Gasteiger charge is 2.39. The Kier molecular flexibility index (Phi) is 7.03. The van der Waals surface area contributed by atoms with Gasteiger partial charge in [0.05, 0.1) is 0 Å². The summed E-state index contributed by atoms with van der Waals surface area (Å²) in [4.78, 5) is 10.8. The fraction of sp³-hybridized carbons (Fsp3) is 0.900. The first kappa shape index (κ1) is 15.7. The molecular formula is C10H16F4OS. The molecule has 0 saturated carbocycles. The molecular weight excluding hydrogens is 244 g/mol. The van der Waals surface area contributed by atoms with E-state index in [-0.39, 0.29) is 17.3 Å². The maximum absolute atomic E-state index is 13.0. The maximum Gasteiger partial charge on any atom is 0.281 e. The van der Waals surface area contributed by atoms with Gasteiger partial charge >= 0.3 is 0 Å². The first-order valence-corrected chi connectivity index (χ1v) is 6.09. The summed E-state index contributed by atoms with van der Waals surface area (Å²) in [6.45, 7) is 2.38. The van der Waals surface area contributed by atoms with Gasteiger partial charge in [0.25, 0.3) is 5.92 Å². The third-order valence-corrected chi connectivity index (χ3v) is 3.11. The van der Waals surface area contributed by atoms with E-state index in [1.807, 2.05) is 0 Å². The van der Waals surface area contributed by atoms with Crippen molar-refractivity contribution in [3.63, 3.8) is 0 Å². The van der Waals surface area contributed by atoms with E-state index in [4.69, 9.17) is 0 Å². The lowest BCUT2D eigenvalue weighted by atomic mass is 10.1. The van der Waals surface area contributed by atoms with E-state index in [2.05, 4.69) is 0 Å². The Hall–Kier alpha value is -0.260. The second-order valence-corrected chi connectivity index (χ2v) is 4.69. The molecule has 0 radical (unpaired) electrons. The Balaban J connectivity index is 3.82. The number of thioether (sulfide) groups is 1. The quantitative estimate of drug-likeness (QED) is 0.648. The Morgan fingerprint density at radius 1 is 1.38 bits per heavy atom. The van der Waals surface area contributed by atoms with Crippen LogP contribution in [-0.4, -0.2) is 29.1 Å². The van der Waals surface area contributed by atoms with E-state index in [1.54, 1.807) is 6.92 Å². The molecule has 0 bridgehead atoms. The van der Waals surface area contributed by atoms with Crippen LogP contribution in [-0.2, 0) is 4.79 Å². The van der Waals surface area contributed by atoms with Crippen LogP contribution in [0, 0.1) is 0 Å². The molecule has 0 aromatic rings. The molecule has 0 spiro atoms. The smallest absolute Gasteiger partial charge is 0.281 e. The summed E-state index contributed by atoms with van der Waals surface area (Å²) in [5.74, 6) is -3.47. The molecule has 6 heteroatoms. The lowest BCUT2D eigenvalue weighted by Gasteiger charge is -2.19. The number of carbonyl (C=O) groups excluding carboxylic acids is 1. The van der Waals surface area contributed by atoms with Crippen LogP contribution in [0.15, 0.2) is 0 Å². The maximum atomic E-state index is 13.0. The molecule has 2 unspecified atom stereocenters. The molecule has 16 heavy (non-hydrogen) atoms. The number of rotatable bonds is 7. The molecule has 0 aromatic heterocycles. The lowest BCUT2D eigenvalue weighted by Crippen LogP contribution is -2.31. The molecule has 0 aliphatic carbocycles. The topological polar surface area (TPSA) is 17.1 Å². The Morgan fingerprint density at radius 3 is 2.38 bits per heavy atom. The van der Waals surface area contributed by atoms with Gasteiger partial charge < -0.3 is 0 Å². The van der Waals surface area contributed by atoms with Crippen molar-refractivity contribution in [1.29, 1.82) is 0 Å². The zero-order valence-electron chi connectivity index (χ0n) is 9.31. The monoisotopic (exact) mass is 260 g/mol. The summed E-state index contributed by atoms with van der Waals surface area (Å²) in [6, 6.07) is 0. The third kappa shape index (κ3) is 6.35. The molecule has 1 nitrogen and oxygen atoms in total. The number of alkyl halides is 4. The van der Waals surface area contributed by atoms with Crippen molar-refractivity contribution < 1.29 is 22.4 Å². The highest BCUT2D eigenvalue weighted by Crippen LogP contribution is 2.29. The van der Waals surface area contributed by atoms with Crippen molar-refractivity contribution in [2.24, 2.45) is 0 Å². The van der Waals surface area contributed by atoms with Crippen molar-refractivity contribution in [1.82, 2.24) is 0 Å². The lowest BCUT2D eigenvalue weighted by molar-refractivity contribution is -0.110. The second-order valence-electron chi connectivity index (χ2n) is 3.54. The van der Waals surface area contributed by atoms with Crippen molar-refractivity contribution in [3.8, 4) is 0 Å². The summed E-state index contributed by atoms with van der Waals surface area (Å²) in [5.41, 5.74) is 0. The molecule has 0 heterocycles. The number of hydrogen-bond acceptors (Lipinski definition) is 2. The van der Waals surface area contributed by atoms with Crippen molar-refractivity contribution in [2.75, 3.05) is 5.75 Å². The van der Waals surface area contributed by atoms with Crippen LogP contribution in [0.3, 0.4) is 0 Å². The standard InChI is InChI=1S/C10H16F4OS/c1-3-9(15)16-5-4-8(12)6-10(13,14)7(2)11/h7-8H,3-6H2,1-2H3. The van der Waals surface area contributed by atoms with Crippen LogP contribution in [0.4, 0.5) is 17.6 Å². The van der Waals surface area contributed by atoms with Crippen LogP contribution >= 0.6 is 11.8 Å². The molecule has 0 fully saturated rings. The average molecular weight is 260 g/mol. The largest absolute Gasteiger partial charge is 0.287 e. The minimum absolute atomic E-state index is 0.0992. The van der Waals surface area contributed by atoms with Crippen LogP contribution < -0.4 is 0 Å². The molecule has 2 atom stereocenters. The summed E-state index contributed by atoms with van der Waals surface area (Å²) in [7, 11) is 0. The molecule has 0 aliphatic heterocycles. The van der Waals surface area contributed by atoms with Gasteiger partial charge in [-0.2, -0.15) is 0 Å². The summed E-state index contributed by atoms with van der Waals surface area (Å²) < 4.78 is 50.9. The van der Waals surface area contributed by atoms with Crippen molar-refractivity contribution in [2.45, 2.75) is 51.4 Å². The van der Waals surface area contributed by atoms with Gasteiger partial charge in [-0.1, -0.05) is 18.7 Å². The highest BCUT2D eigenvalue weighted by molar-refractivity contribution is 8.13. The fourth-order valence-corrected chi connectivity index (χ4v) is 1.77. The van der Waals surface area contributed by atoms with Gasteiger partial charge in [-0.05, 0) is 13.3 Å². The van der Waals surface area contributed by atoms with E-state index >= 15 is 0 Å². The normalized spacial score (nSPS) is 15.9. The summed E-state index contributed by atoms with van der Waals surface area (Å²) in [5, 5.41) is -0.0992. The first-order chi connectivity index (χ1) is 7.29. The molecule has 0 N–H and O–H groups in total. The van der Waals surface area contributed by atoms with Gasteiger partial charge in [0.15, 0.2) is 11.3 Å². The summed E-state index contributed by atoms with van der Waals surface area (Å²) >= 11 is 0.922. The third-order valence-electron chi connectivity index (χ3n) is 2.06.